The Hall–Kier alpha value is -1.99. The SMILES string of the molecule is COc1cc(Br)cc(C)c1NC(=O)c1sc2nc(C)nc(C)c2c1C. The molecule has 7 heteroatoms. The number of methoxy groups -OCH3 is 1. The van der Waals surface area contributed by atoms with Gasteiger partial charge in [-0.2, -0.15) is 0 Å². The number of benzene rings is 1. The van der Waals surface area contributed by atoms with Crippen LogP contribution in [0.15, 0.2) is 16.6 Å². The molecule has 3 aromatic rings. The van der Waals surface area contributed by atoms with Gasteiger partial charge in [0.15, 0.2) is 0 Å². The van der Waals surface area contributed by atoms with Crippen molar-refractivity contribution in [3.8, 4) is 5.75 Å². The molecule has 2 heterocycles. The van der Waals surface area contributed by atoms with Crippen molar-refractivity contribution >= 4 is 49.1 Å². The summed E-state index contributed by atoms with van der Waals surface area (Å²) in [7, 11) is 1.59. The number of amides is 1. The van der Waals surface area contributed by atoms with E-state index in [4.69, 9.17) is 4.74 Å². The van der Waals surface area contributed by atoms with Gasteiger partial charge < -0.3 is 10.1 Å². The monoisotopic (exact) mass is 419 g/mol. The number of thiophene rings is 1. The van der Waals surface area contributed by atoms with Gasteiger partial charge in [0.25, 0.3) is 5.91 Å². The molecule has 0 aliphatic carbocycles. The maximum Gasteiger partial charge on any atom is 0.266 e. The molecule has 5 nitrogen and oxygen atoms in total. The van der Waals surface area contributed by atoms with Crippen molar-refractivity contribution in [2.45, 2.75) is 27.7 Å². The molecule has 0 spiro atoms. The van der Waals surface area contributed by atoms with E-state index in [2.05, 4.69) is 31.2 Å². The first-order chi connectivity index (χ1) is 11.8. The number of fused-ring (bicyclic) bond motifs is 1. The highest BCUT2D eigenvalue weighted by Gasteiger charge is 2.20. The Kier molecular flexibility index (Phi) is 4.79. The minimum absolute atomic E-state index is 0.165. The van der Waals surface area contributed by atoms with Crippen molar-refractivity contribution in [2.75, 3.05) is 12.4 Å². The van der Waals surface area contributed by atoms with E-state index >= 15 is 0 Å². The Morgan fingerprint density at radius 3 is 2.60 bits per heavy atom. The molecule has 130 valence electrons. The van der Waals surface area contributed by atoms with E-state index in [-0.39, 0.29) is 5.91 Å². The number of nitrogens with one attached hydrogen (secondary N) is 1. The van der Waals surface area contributed by atoms with Gasteiger partial charge in [0.1, 0.15) is 16.4 Å². The highest BCUT2D eigenvalue weighted by molar-refractivity contribution is 9.10. The number of halogens is 1. The normalized spacial score (nSPS) is 11.0. The lowest BCUT2D eigenvalue weighted by molar-refractivity contribution is 0.102. The molecule has 1 amide bonds. The summed E-state index contributed by atoms with van der Waals surface area (Å²) >= 11 is 4.83. The molecule has 1 aromatic carbocycles. The fourth-order valence-electron chi connectivity index (χ4n) is 2.89. The largest absolute Gasteiger partial charge is 0.495 e. The predicted molar refractivity (Wildman–Crippen MR) is 105 cm³/mol. The number of hydrogen-bond donors (Lipinski definition) is 1. The first kappa shape index (κ1) is 17.8. The van der Waals surface area contributed by atoms with Crippen LogP contribution in [0.5, 0.6) is 5.75 Å². The third-order valence-corrected chi connectivity index (χ3v) is 5.65. The summed E-state index contributed by atoms with van der Waals surface area (Å²) < 4.78 is 6.31. The number of hydrogen-bond acceptors (Lipinski definition) is 5. The van der Waals surface area contributed by atoms with Crippen LogP contribution in [0.3, 0.4) is 0 Å². The molecule has 0 aliphatic rings. The lowest BCUT2D eigenvalue weighted by Crippen LogP contribution is -2.13. The Labute approximate surface area is 158 Å². The molecule has 2 aromatic heterocycles. The number of carbonyl (C=O) groups is 1. The van der Waals surface area contributed by atoms with Gasteiger partial charge in [-0.15, -0.1) is 11.3 Å². The van der Waals surface area contributed by atoms with Crippen LogP contribution in [0, 0.1) is 27.7 Å². The maximum absolute atomic E-state index is 12.9. The molecule has 0 aliphatic heterocycles. The summed E-state index contributed by atoms with van der Waals surface area (Å²) in [6.07, 6.45) is 0. The number of aryl methyl sites for hydroxylation is 4. The quantitative estimate of drug-likeness (QED) is 0.652. The van der Waals surface area contributed by atoms with Crippen LogP contribution in [0.25, 0.3) is 10.2 Å². The second-order valence-electron chi connectivity index (χ2n) is 5.85. The van der Waals surface area contributed by atoms with Crippen molar-refractivity contribution in [1.82, 2.24) is 9.97 Å². The van der Waals surface area contributed by atoms with Crippen molar-refractivity contribution in [2.24, 2.45) is 0 Å². The molecule has 1 N–H and O–H groups in total. The fraction of sp³-hybridized carbons (Fsp3) is 0.278. The van der Waals surface area contributed by atoms with Crippen molar-refractivity contribution in [1.29, 1.82) is 0 Å². The van der Waals surface area contributed by atoms with Crippen LogP contribution < -0.4 is 10.1 Å². The number of carbonyl (C=O) groups excluding carboxylic acids is 1. The van der Waals surface area contributed by atoms with Gasteiger partial charge in [-0.1, -0.05) is 15.9 Å². The second kappa shape index (κ2) is 6.72. The van der Waals surface area contributed by atoms with Crippen LogP contribution in [0.1, 0.15) is 32.3 Å². The Bertz CT molecular complexity index is 998. The van der Waals surface area contributed by atoms with E-state index in [1.165, 1.54) is 11.3 Å². The second-order valence-corrected chi connectivity index (χ2v) is 7.76. The van der Waals surface area contributed by atoms with Crippen LogP contribution in [-0.2, 0) is 0 Å². The first-order valence-electron chi connectivity index (χ1n) is 7.71. The van der Waals surface area contributed by atoms with Crippen LogP contribution >= 0.6 is 27.3 Å². The van der Waals surface area contributed by atoms with Crippen molar-refractivity contribution in [3.63, 3.8) is 0 Å². The van der Waals surface area contributed by atoms with Gasteiger partial charge in [-0.3, -0.25) is 4.79 Å². The first-order valence-corrected chi connectivity index (χ1v) is 9.32. The van der Waals surface area contributed by atoms with Gasteiger partial charge in [0.05, 0.1) is 17.7 Å². The Balaban J connectivity index is 2.05. The summed E-state index contributed by atoms with van der Waals surface area (Å²) in [5.41, 5.74) is 3.40. The van der Waals surface area contributed by atoms with E-state index < -0.39 is 0 Å². The smallest absolute Gasteiger partial charge is 0.266 e. The molecule has 0 fully saturated rings. The molecular formula is C18H18BrN3O2S. The Morgan fingerprint density at radius 1 is 1.20 bits per heavy atom. The number of ether oxygens (including phenoxy) is 1. The van der Waals surface area contributed by atoms with Crippen LogP contribution in [0.2, 0.25) is 0 Å². The molecule has 0 bridgehead atoms. The molecule has 25 heavy (non-hydrogen) atoms. The third-order valence-electron chi connectivity index (χ3n) is 4.01. The molecule has 3 rings (SSSR count). The zero-order valence-corrected chi connectivity index (χ0v) is 17.1. The van der Waals surface area contributed by atoms with Crippen LogP contribution in [-0.4, -0.2) is 23.0 Å². The van der Waals surface area contributed by atoms with E-state index in [1.54, 1.807) is 7.11 Å². The minimum atomic E-state index is -0.165. The van der Waals surface area contributed by atoms with Gasteiger partial charge in [0, 0.05) is 15.6 Å². The van der Waals surface area contributed by atoms with E-state index in [1.807, 2.05) is 39.8 Å². The van der Waals surface area contributed by atoms with Crippen LogP contribution in [0.4, 0.5) is 5.69 Å². The summed E-state index contributed by atoms with van der Waals surface area (Å²) in [6, 6.07) is 3.77. The summed E-state index contributed by atoms with van der Waals surface area (Å²) in [6.45, 7) is 7.67. The summed E-state index contributed by atoms with van der Waals surface area (Å²) in [5.74, 6) is 1.16. The van der Waals surface area contributed by atoms with Gasteiger partial charge in [-0.25, -0.2) is 9.97 Å². The Morgan fingerprint density at radius 2 is 1.92 bits per heavy atom. The van der Waals surface area contributed by atoms with E-state index in [9.17, 15) is 4.79 Å². The van der Waals surface area contributed by atoms with E-state index in [0.29, 0.717) is 22.1 Å². The van der Waals surface area contributed by atoms with E-state index in [0.717, 1.165) is 31.5 Å². The summed E-state index contributed by atoms with van der Waals surface area (Å²) in [5, 5.41) is 3.95. The number of anilines is 1. The minimum Gasteiger partial charge on any atom is -0.495 e. The highest BCUT2D eigenvalue weighted by atomic mass is 79.9. The lowest BCUT2D eigenvalue weighted by Gasteiger charge is -2.13. The topological polar surface area (TPSA) is 64.1 Å². The molecule has 0 radical (unpaired) electrons. The molecular weight excluding hydrogens is 402 g/mol. The molecule has 0 atom stereocenters. The fourth-order valence-corrected chi connectivity index (χ4v) is 4.62. The molecule has 0 saturated carbocycles. The predicted octanol–water partition coefficient (Wildman–Crippen LogP) is 4.95. The molecule has 0 unspecified atom stereocenters. The molecule has 0 saturated heterocycles. The number of nitrogens with zero attached hydrogens (tertiary/aromatic N) is 2. The van der Waals surface area contributed by atoms with Gasteiger partial charge in [0.2, 0.25) is 0 Å². The standard InChI is InChI=1S/C18H18BrN3O2S/c1-8-6-12(19)7-13(24-5)15(8)22-17(23)16-9(2)14-10(3)20-11(4)21-18(14)25-16/h6-7H,1-5H3,(H,22,23). The zero-order valence-electron chi connectivity index (χ0n) is 14.7. The number of aromatic nitrogens is 2. The van der Waals surface area contributed by atoms with Crippen molar-refractivity contribution in [3.05, 3.63) is 44.1 Å². The number of rotatable bonds is 3. The third kappa shape index (κ3) is 3.26. The maximum atomic E-state index is 12.9. The average Bonchev–Trinajstić information content (AvgIpc) is 2.86. The zero-order chi connectivity index (χ0) is 18.3. The lowest BCUT2D eigenvalue weighted by atomic mass is 10.1. The average molecular weight is 420 g/mol. The van der Waals surface area contributed by atoms with Crippen molar-refractivity contribution < 1.29 is 9.53 Å². The summed E-state index contributed by atoms with van der Waals surface area (Å²) in [4.78, 5) is 23.2. The van der Waals surface area contributed by atoms with Gasteiger partial charge in [-0.05, 0) is 51.0 Å². The highest BCUT2D eigenvalue weighted by Crippen LogP contribution is 2.35. The van der Waals surface area contributed by atoms with Gasteiger partial charge >= 0.3 is 0 Å².